The van der Waals surface area contributed by atoms with E-state index in [1.807, 2.05) is 13.0 Å². The number of rotatable bonds is 4. The third-order valence-corrected chi connectivity index (χ3v) is 5.20. The van der Waals surface area contributed by atoms with E-state index in [2.05, 4.69) is 10.3 Å². The third-order valence-electron chi connectivity index (χ3n) is 2.85. The number of hydrogen-bond donors (Lipinski definition) is 2. The molecule has 0 saturated carbocycles. The summed E-state index contributed by atoms with van der Waals surface area (Å²) >= 11 is 2.71. The fourth-order valence-electron chi connectivity index (χ4n) is 1.68. The lowest BCUT2D eigenvalue weighted by Crippen LogP contribution is -2.14. The van der Waals surface area contributed by atoms with Gasteiger partial charge in [-0.05, 0) is 20.8 Å². The first-order valence-corrected chi connectivity index (χ1v) is 7.88. The van der Waals surface area contributed by atoms with Gasteiger partial charge in [0.05, 0.1) is 15.7 Å². The summed E-state index contributed by atoms with van der Waals surface area (Å²) in [5.41, 5.74) is 7.53. The molecule has 2 aromatic heterocycles. The first kappa shape index (κ1) is 15.4. The van der Waals surface area contributed by atoms with Gasteiger partial charge in [0.15, 0.2) is 5.13 Å². The van der Waals surface area contributed by atoms with Crippen molar-refractivity contribution in [2.24, 2.45) is 0 Å². The molecule has 0 bridgehead atoms. The molecule has 0 aromatic carbocycles. The zero-order valence-corrected chi connectivity index (χ0v) is 13.4. The fraction of sp³-hybridized carbons (Fsp3) is 0.308. The Morgan fingerprint density at radius 2 is 2.24 bits per heavy atom. The smallest absolute Gasteiger partial charge is 0.237 e. The monoisotopic (exact) mass is 322 g/mol. The largest absolute Gasteiger partial charge is 0.444 e. The molecule has 0 fully saturated rings. The number of carbonyl (C=O) groups excluding carboxylic acids is 1. The van der Waals surface area contributed by atoms with Crippen LogP contribution in [0.5, 0.6) is 0 Å². The van der Waals surface area contributed by atoms with Gasteiger partial charge in [-0.2, -0.15) is 5.26 Å². The molecular weight excluding hydrogens is 308 g/mol. The van der Waals surface area contributed by atoms with Crippen molar-refractivity contribution in [3.63, 3.8) is 0 Å². The first-order valence-electron chi connectivity index (χ1n) is 6.08. The van der Waals surface area contributed by atoms with Crippen molar-refractivity contribution in [3.05, 3.63) is 22.6 Å². The molecule has 2 rings (SSSR count). The van der Waals surface area contributed by atoms with Crippen LogP contribution in [0.4, 0.5) is 11.0 Å². The van der Waals surface area contributed by atoms with Crippen LogP contribution in [-0.2, 0) is 4.79 Å². The van der Waals surface area contributed by atoms with Gasteiger partial charge in [-0.3, -0.25) is 10.1 Å². The Bertz CT molecular complexity index is 727. The summed E-state index contributed by atoms with van der Waals surface area (Å²) in [7, 11) is 0. The van der Waals surface area contributed by atoms with Crippen LogP contribution in [0.2, 0.25) is 0 Å². The molecule has 0 radical (unpaired) electrons. The van der Waals surface area contributed by atoms with Gasteiger partial charge < -0.3 is 10.2 Å². The minimum atomic E-state index is -0.239. The molecule has 0 aliphatic carbocycles. The van der Waals surface area contributed by atoms with E-state index in [-0.39, 0.29) is 17.5 Å². The highest BCUT2D eigenvalue weighted by Gasteiger charge is 2.17. The molecule has 0 aliphatic rings. The molecular formula is C13H14N4O2S2. The maximum absolute atomic E-state index is 11.9. The fourth-order valence-corrected chi connectivity index (χ4v) is 3.50. The summed E-state index contributed by atoms with van der Waals surface area (Å²) in [6.45, 7) is 5.38. The predicted molar refractivity (Wildman–Crippen MR) is 83.5 cm³/mol. The van der Waals surface area contributed by atoms with E-state index in [4.69, 9.17) is 15.4 Å². The topological polar surface area (TPSA) is 105 Å². The van der Waals surface area contributed by atoms with Crippen LogP contribution < -0.4 is 11.1 Å². The number of amides is 1. The Morgan fingerprint density at radius 1 is 1.52 bits per heavy atom. The van der Waals surface area contributed by atoms with Crippen LogP contribution in [0.1, 0.15) is 22.6 Å². The van der Waals surface area contributed by atoms with Gasteiger partial charge in [0.25, 0.3) is 0 Å². The molecule has 0 atom stereocenters. The number of furan rings is 1. The van der Waals surface area contributed by atoms with Gasteiger partial charge in [0.1, 0.15) is 17.4 Å². The number of hydrogen-bond acceptors (Lipinski definition) is 7. The Morgan fingerprint density at radius 3 is 2.81 bits per heavy atom. The Labute approximate surface area is 130 Å². The lowest BCUT2D eigenvalue weighted by Gasteiger charge is -2.02. The van der Waals surface area contributed by atoms with Crippen molar-refractivity contribution in [2.75, 3.05) is 16.8 Å². The minimum Gasteiger partial charge on any atom is -0.444 e. The Balaban J connectivity index is 2.01. The molecule has 0 aliphatic heterocycles. The third kappa shape index (κ3) is 3.37. The summed E-state index contributed by atoms with van der Waals surface area (Å²) in [5.74, 6) is 0.794. The average molecular weight is 322 g/mol. The number of thioether (sulfide) groups is 1. The summed E-state index contributed by atoms with van der Waals surface area (Å²) in [6.07, 6.45) is 0. The summed E-state index contributed by atoms with van der Waals surface area (Å²) in [4.78, 5) is 16.0. The van der Waals surface area contributed by atoms with E-state index in [0.717, 1.165) is 15.5 Å². The normalized spacial score (nSPS) is 10.4. The van der Waals surface area contributed by atoms with Gasteiger partial charge >= 0.3 is 0 Å². The molecule has 2 aromatic rings. The number of thiazole rings is 1. The van der Waals surface area contributed by atoms with Crippen molar-refractivity contribution in [2.45, 2.75) is 25.0 Å². The number of anilines is 2. The number of aromatic nitrogens is 1. The molecule has 6 nitrogen and oxygen atoms in total. The van der Waals surface area contributed by atoms with Crippen molar-refractivity contribution < 1.29 is 9.21 Å². The molecule has 110 valence electrons. The van der Waals surface area contributed by atoms with Crippen LogP contribution in [0.25, 0.3) is 0 Å². The van der Waals surface area contributed by atoms with Crippen molar-refractivity contribution >= 4 is 40.0 Å². The number of nitriles is 1. The molecule has 1 amide bonds. The average Bonchev–Trinajstić information content (AvgIpc) is 2.87. The van der Waals surface area contributed by atoms with Crippen LogP contribution in [0.3, 0.4) is 0 Å². The van der Waals surface area contributed by atoms with Gasteiger partial charge in [0, 0.05) is 5.56 Å². The van der Waals surface area contributed by atoms with Gasteiger partial charge in [-0.1, -0.05) is 11.3 Å². The highest BCUT2D eigenvalue weighted by Crippen LogP contribution is 2.31. The number of nitrogens with one attached hydrogen (secondary N) is 1. The maximum atomic E-state index is 11.9. The van der Waals surface area contributed by atoms with E-state index in [1.54, 1.807) is 13.8 Å². The van der Waals surface area contributed by atoms with Crippen LogP contribution >= 0.6 is 23.1 Å². The number of carbonyl (C=O) groups is 1. The zero-order valence-electron chi connectivity index (χ0n) is 11.8. The second-order valence-corrected chi connectivity index (χ2v) is 6.64. The summed E-state index contributed by atoms with van der Waals surface area (Å²) in [6, 6.07) is 2.04. The second kappa shape index (κ2) is 6.20. The van der Waals surface area contributed by atoms with Gasteiger partial charge in [-0.15, -0.1) is 11.8 Å². The van der Waals surface area contributed by atoms with Crippen LogP contribution in [0, 0.1) is 32.1 Å². The quantitative estimate of drug-likeness (QED) is 0.839. The van der Waals surface area contributed by atoms with Crippen LogP contribution in [0.15, 0.2) is 8.63 Å². The number of nitrogens with two attached hydrogens (primary N) is 1. The Kier molecular flexibility index (Phi) is 4.55. The summed E-state index contributed by atoms with van der Waals surface area (Å²) < 4.78 is 6.31. The molecule has 0 unspecified atom stereocenters. The number of nitrogens with zero attached hydrogens (tertiary/aromatic N) is 2. The van der Waals surface area contributed by atoms with Crippen LogP contribution in [-0.4, -0.2) is 16.6 Å². The molecule has 2 heterocycles. The van der Waals surface area contributed by atoms with E-state index < -0.39 is 0 Å². The Hall–Kier alpha value is -1.98. The van der Waals surface area contributed by atoms with Gasteiger partial charge in [-0.25, -0.2) is 4.98 Å². The molecule has 3 N–H and O–H groups in total. The highest BCUT2D eigenvalue weighted by molar-refractivity contribution is 8.01. The van der Waals surface area contributed by atoms with E-state index in [1.165, 1.54) is 23.1 Å². The maximum Gasteiger partial charge on any atom is 0.237 e. The molecule has 0 saturated heterocycles. The SMILES string of the molecule is Cc1nc(N)sc1SCC(=O)Nc1oc(C)c(C)c1C#N. The zero-order chi connectivity index (χ0) is 15.6. The van der Waals surface area contributed by atoms with Gasteiger partial charge in [0.2, 0.25) is 11.8 Å². The lowest BCUT2D eigenvalue weighted by atomic mass is 10.2. The first-order chi connectivity index (χ1) is 9.92. The van der Waals surface area contributed by atoms with E-state index in [0.29, 0.717) is 16.5 Å². The molecule has 21 heavy (non-hydrogen) atoms. The minimum absolute atomic E-state index is 0.201. The van der Waals surface area contributed by atoms with E-state index >= 15 is 0 Å². The number of nitrogen functional groups attached to an aromatic ring is 1. The number of aryl methyl sites for hydroxylation is 2. The molecule has 8 heteroatoms. The van der Waals surface area contributed by atoms with Crippen molar-refractivity contribution in [1.29, 1.82) is 5.26 Å². The highest BCUT2D eigenvalue weighted by atomic mass is 32.2. The van der Waals surface area contributed by atoms with Crippen molar-refractivity contribution in [3.8, 4) is 6.07 Å². The van der Waals surface area contributed by atoms with Crippen molar-refractivity contribution in [1.82, 2.24) is 4.98 Å². The predicted octanol–water partition coefficient (Wildman–Crippen LogP) is 2.85. The lowest BCUT2D eigenvalue weighted by molar-refractivity contribution is -0.113. The molecule has 0 spiro atoms. The van der Waals surface area contributed by atoms with E-state index in [9.17, 15) is 4.79 Å². The second-order valence-electron chi connectivity index (χ2n) is 4.36. The standard InChI is InChI=1S/C13H14N4O2S2/c1-6-8(3)19-11(9(6)4-14)17-10(18)5-20-12-7(2)16-13(15)21-12/h5H2,1-3H3,(H2,15,16)(H,17,18). The summed E-state index contributed by atoms with van der Waals surface area (Å²) in [5, 5.41) is 12.2.